The second-order valence-corrected chi connectivity index (χ2v) is 6.65. The molecule has 0 amide bonds. The van der Waals surface area contributed by atoms with Crippen LogP contribution < -0.4 is 0 Å². The minimum Gasteiger partial charge on any atom is -0.257 e. The standard InChI is InChI=1S/C22H14N2/c1-2-6-14-12-18-17(11-13(14)5-1)19-15-7-3-4-8-16(15)20(18)22-21(19)23-9-10-24-22/h1-12,19-20H. The van der Waals surface area contributed by atoms with E-state index in [0.29, 0.717) is 0 Å². The molecule has 2 unspecified atom stereocenters. The molecule has 0 fully saturated rings. The van der Waals surface area contributed by atoms with Crippen LogP contribution in [0.3, 0.4) is 0 Å². The molecule has 0 saturated heterocycles. The Kier molecular flexibility index (Phi) is 2.22. The topological polar surface area (TPSA) is 25.8 Å². The Labute approximate surface area is 139 Å². The number of nitrogens with zero attached hydrogens (tertiary/aromatic N) is 2. The fraction of sp³-hybridized carbons (Fsp3) is 0.0909. The molecule has 0 spiro atoms. The molecule has 2 bridgehead atoms. The predicted octanol–water partition coefficient (Wildman–Crippen LogP) is 4.62. The molecule has 3 aliphatic carbocycles. The van der Waals surface area contributed by atoms with Crippen LogP contribution in [0.4, 0.5) is 0 Å². The van der Waals surface area contributed by atoms with Crippen molar-refractivity contribution in [2.45, 2.75) is 11.8 Å². The zero-order valence-corrected chi connectivity index (χ0v) is 13.0. The van der Waals surface area contributed by atoms with E-state index < -0.39 is 0 Å². The van der Waals surface area contributed by atoms with E-state index in [1.165, 1.54) is 33.0 Å². The van der Waals surface area contributed by atoms with Crippen molar-refractivity contribution in [2.75, 3.05) is 0 Å². The molecule has 2 atom stereocenters. The summed E-state index contributed by atoms with van der Waals surface area (Å²) >= 11 is 0. The van der Waals surface area contributed by atoms with Gasteiger partial charge in [0.05, 0.1) is 23.2 Å². The van der Waals surface area contributed by atoms with E-state index in [1.807, 2.05) is 12.4 Å². The summed E-state index contributed by atoms with van der Waals surface area (Å²) in [4.78, 5) is 9.43. The third kappa shape index (κ3) is 1.41. The Morgan fingerprint density at radius 3 is 1.50 bits per heavy atom. The van der Waals surface area contributed by atoms with E-state index in [4.69, 9.17) is 9.97 Å². The fourth-order valence-electron chi connectivity index (χ4n) is 4.54. The molecule has 0 N–H and O–H groups in total. The summed E-state index contributed by atoms with van der Waals surface area (Å²) in [5, 5.41) is 2.60. The highest BCUT2D eigenvalue weighted by Gasteiger charge is 2.43. The summed E-state index contributed by atoms with van der Waals surface area (Å²) in [5.41, 5.74) is 7.82. The van der Waals surface area contributed by atoms with Gasteiger partial charge >= 0.3 is 0 Å². The highest BCUT2D eigenvalue weighted by atomic mass is 14.8. The number of fused-ring (bicyclic) bond motifs is 1. The van der Waals surface area contributed by atoms with Gasteiger partial charge in [-0.15, -0.1) is 0 Å². The molecule has 1 heterocycles. The average molecular weight is 306 g/mol. The molecule has 2 heteroatoms. The van der Waals surface area contributed by atoms with Crippen molar-refractivity contribution in [3.05, 3.63) is 107 Å². The van der Waals surface area contributed by atoms with E-state index in [-0.39, 0.29) is 11.8 Å². The highest BCUT2D eigenvalue weighted by Crippen LogP contribution is 2.54. The summed E-state index contributed by atoms with van der Waals surface area (Å²) in [6.07, 6.45) is 3.64. The Morgan fingerprint density at radius 2 is 1.00 bits per heavy atom. The summed E-state index contributed by atoms with van der Waals surface area (Å²) < 4.78 is 0. The lowest BCUT2D eigenvalue weighted by Crippen LogP contribution is -2.29. The van der Waals surface area contributed by atoms with Gasteiger partial charge in [-0.2, -0.15) is 0 Å². The molecule has 24 heavy (non-hydrogen) atoms. The van der Waals surface area contributed by atoms with Crippen LogP contribution in [0.15, 0.2) is 73.1 Å². The van der Waals surface area contributed by atoms with Crippen LogP contribution in [0.5, 0.6) is 0 Å². The molecule has 1 aromatic heterocycles. The molecule has 2 nitrogen and oxygen atoms in total. The van der Waals surface area contributed by atoms with Gasteiger partial charge in [0.2, 0.25) is 0 Å². The number of aromatic nitrogens is 2. The molecule has 3 aliphatic rings. The van der Waals surface area contributed by atoms with Crippen LogP contribution in [-0.2, 0) is 0 Å². The van der Waals surface area contributed by atoms with Crippen molar-refractivity contribution < 1.29 is 0 Å². The number of hydrogen-bond donors (Lipinski definition) is 0. The zero-order valence-electron chi connectivity index (χ0n) is 13.0. The maximum absolute atomic E-state index is 4.72. The lowest BCUT2D eigenvalue weighted by molar-refractivity contribution is 0.701. The molecule has 4 aromatic rings. The van der Waals surface area contributed by atoms with Gasteiger partial charge < -0.3 is 0 Å². The third-order valence-corrected chi connectivity index (χ3v) is 5.49. The molecule has 7 rings (SSSR count). The fourth-order valence-corrected chi connectivity index (χ4v) is 4.54. The Hall–Kier alpha value is -3.00. The highest BCUT2D eigenvalue weighted by molar-refractivity contribution is 5.86. The van der Waals surface area contributed by atoms with Crippen LogP contribution in [-0.4, -0.2) is 9.97 Å². The van der Waals surface area contributed by atoms with Crippen molar-refractivity contribution in [1.29, 1.82) is 0 Å². The van der Waals surface area contributed by atoms with E-state index in [1.54, 1.807) is 0 Å². The maximum atomic E-state index is 4.72. The normalized spacial score (nSPS) is 19.7. The van der Waals surface area contributed by atoms with E-state index in [2.05, 4.69) is 60.7 Å². The van der Waals surface area contributed by atoms with Gasteiger partial charge in [0.25, 0.3) is 0 Å². The minimum atomic E-state index is 0.203. The summed E-state index contributed by atoms with van der Waals surface area (Å²) in [6.45, 7) is 0. The Bertz CT molecular complexity index is 994. The second kappa shape index (κ2) is 4.30. The first-order valence-electron chi connectivity index (χ1n) is 8.34. The van der Waals surface area contributed by atoms with Crippen LogP contribution in [0, 0.1) is 0 Å². The molecule has 112 valence electrons. The van der Waals surface area contributed by atoms with E-state index in [0.717, 1.165) is 11.4 Å². The van der Waals surface area contributed by atoms with Gasteiger partial charge in [-0.3, -0.25) is 9.97 Å². The van der Waals surface area contributed by atoms with Crippen LogP contribution in [0.25, 0.3) is 10.8 Å². The number of hydrogen-bond acceptors (Lipinski definition) is 2. The number of benzene rings is 3. The summed E-state index contributed by atoms with van der Waals surface area (Å²) in [6, 6.07) is 22.1. The average Bonchev–Trinajstić information content (AvgIpc) is 2.66. The van der Waals surface area contributed by atoms with Crippen LogP contribution >= 0.6 is 0 Å². The smallest absolute Gasteiger partial charge is 0.0747 e. The largest absolute Gasteiger partial charge is 0.257 e. The third-order valence-electron chi connectivity index (χ3n) is 5.49. The minimum absolute atomic E-state index is 0.203. The lowest BCUT2D eigenvalue weighted by atomic mass is 9.64. The Balaban J connectivity index is 1.76. The van der Waals surface area contributed by atoms with Gasteiger partial charge in [-0.1, -0.05) is 48.5 Å². The van der Waals surface area contributed by atoms with Gasteiger partial charge in [0.1, 0.15) is 0 Å². The summed E-state index contributed by atoms with van der Waals surface area (Å²) in [7, 11) is 0. The molecule has 0 radical (unpaired) electrons. The lowest BCUT2D eigenvalue weighted by Gasteiger charge is -2.40. The Morgan fingerprint density at radius 1 is 0.542 bits per heavy atom. The van der Waals surface area contributed by atoms with Crippen molar-refractivity contribution in [3.8, 4) is 0 Å². The van der Waals surface area contributed by atoms with Crippen LogP contribution in [0.2, 0.25) is 0 Å². The van der Waals surface area contributed by atoms with E-state index in [9.17, 15) is 0 Å². The SMILES string of the molecule is c1ccc2c(c1)C1c3cc4ccccc4cc3C2c2nccnc21. The van der Waals surface area contributed by atoms with E-state index >= 15 is 0 Å². The first-order valence-corrected chi connectivity index (χ1v) is 8.34. The first kappa shape index (κ1) is 12.4. The van der Waals surface area contributed by atoms with Gasteiger partial charge in [-0.25, -0.2) is 0 Å². The quantitative estimate of drug-likeness (QED) is 0.409. The van der Waals surface area contributed by atoms with Gasteiger partial charge in [-0.05, 0) is 45.2 Å². The van der Waals surface area contributed by atoms with Gasteiger partial charge in [0.15, 0.2) is 0 Å². The van der Waals surface area contributed by atoms with Gasteiger partial charge in [0, 0.05) is 12.4 Å². The summed E-state index contributed by atoms with van der Waals surface area (Å²) in [5.74, 6) is 0.406. The maximum Gasteiger partial charge on any atom is 0.0747 e. The molecular weight excluding hydrogens is 292 g/mol. The molecular formula is C22H14N2. The van der Waals surface area contributed by atoms with Crippen LogP contribution in [0.1, 0.15) is 45.5 Å². The predicted molar refractivity (Wildman–Crippen MR) is 94.3 cm³/mol. The molecule has 0 saturated carbocycles. The monoisotopic (exact) mass is 306 g/mol. The van der Waals surface area contributed by atoms with Crippen molar-refractivity contribution in [1.82, 2.24) is 9.97 Å². The second-order valence-electron chi connectivity index (χ2n) is 6.65. The zero-order chi connectivity index (χ0) is 15.7. The number of rotatable bonds is 0. The molecule has 3 aromatic carbocycles. The molecule has 0 aliphatic heterocycles. The van der Waals surface area contributed by atoms with Crippen molar-refractivity contribution in [2.24, 2.45) is 0 Å². The van der Waals surface area contributed by atoms with Crippen molar-refractivity contribution in [3.63, 3.8) is 0 Å². The van der Waals surface area contributed by atoms with Crippen molar-refractivity contribution >= 4 is 10.8 Å². The first-order chi connectivity index (χ1) is 11.9.